The third-order valence-corrected chi connectivity index (χ3v) is 3.12. The number of rotatable bonds is 4. The molecule has 0 aromatic carbocycles. The molecule has 0 fully saturated rings. The van der Waals surface area contributed by atoms with E-state index in [1.807, 2.05) is 0 Å². The van der Waals surface area contributed by atoms with E-state index in [1.165, 1.54) is 12.5 Å². The Morgan fingerprint density at radius 2 is 2.24 bits per heavy atom. The smallest absolute Gasteiger partial charge is 0.286 e. The lowest BCUT2D eigenvalue weighted by molar-refractivity contribution is 0.0938. The van der Waals surface area contributed by atoms with Gasteiger partial charge in [-0.15, -0.1) is 0 Å². The van der Waals surface area contributed by atoms with Crippen molar-refractivity contribution in [3.05, 3.63) is 59.9 Å². The van der Waals surface area contributed by atoms with Crippen LogP contribution in [0.25, 0.3) is 16.6 Å². The summed E-state index contributed by atoms with van der Waals surface area (Å²) in [5.74, 6) is -0.327. The van der Waals surface area contributed by atoms with Gasteiger partial charge in [0, 0.05) is 10.9 Å². The highest BCUT2D eigenvalue weighted by atomic mass is 35.5. The zero-order valence-corrected chi connectivity index (χ0v) is 11.6. The number of nitrogens with zero attached hydrogens (tertiary/aromatic N) is 1. The van der Waals surface area contributed by atoms with Gasteiger partial charge >= 0.3 is 0 Å². The highest BCUT2D eigenvalue weighted by Crippen LogP contribution is 2.17. The molecule has 0 bridgehead atoms. The number of aromatic amines is 1. The summed E-state index contributed by atoms with van der Waals surface area (Å²) < 4.78 is 4.94. The average molecular weight is 303 g/mol. The molecule has 0 aliphatic rings. The number of carbonyl (C=O) groups is 1. The number of H-pyrrole nitrogens is 1. The maximum Gasteiger partial charge on any atom is 0.286 e. The monoisotopic (exact) mass is 302 g/mol. The zero-order chi connectivity index (χ0) is 14.8. The lowest BCUT2D eigenvalue weighted by atomic mass is 10.3. The summed E-state index contributed by atoms with van der Waals surface area (Å²) in [5, 5.41) is 1.19. The van der Waals surface area contributed by atoms with Gasteiger partial charge in [0.25, 0.3) is 5.91 Å². The van der Waals surface area contributed by atoms with Crippen LogP contribution in [0.15, 0.2) is 47.9 Å². The van der Waals surface area contributed by atoms with Crippen LogP contribution in [0, 0.1) is 0 Å². The molecule has 0 unspecified atom stereocenters. The second-order valence-electron chi connectivity index (χ2n) is 4.35. The van der Waals surface area contributed by atoms with E-state index in [1.54, 1.807) is 24.4 Å². The molecular weight excluding hydrogens is 292 g/mol. The second kappa shape index (κ2) is 5.34. The maximum atomic E-state index is 12.1. The van der Waals surface area contributed by atoms with Crippen molar-refractivity contribution in [2.75, 3.05) is 0 Å². The van der Waals surface area contributed by atoms with E-state index in [4.69, 9.17) is 16.0 Å². The van der Waals surface area contributed by atoms with Crippen LogP contribution in [0.1, 0.15) is 16.1 Å². The molecule has 106 valence electrons. The first-order valence-corrected chi connectivity index (χ1v) is 6.43. The molecule has 0 saturated heterocycles. The van der Waals surface area contributed by atoms with Gasteiger partial charge in [-0.05, 0) is 18.2 Å². The molecule has 3 aromatic heterocycles. The van der Waals surface area contributed by atoms with E-state index >= 15 is 0 Å². The fourth-order valence-electron chi connectivity index (χ4n) is 1.83. The third kappa shape index (κ3) is 2.75. The molecule has 0 aliphatic carbocycles. The van der Waals surface area contributed by atoms with Crippen LogP contribution in [0.3, 0.4) is 0 Å². The fourth-order valence-corrected chi connectivity index (χ4v) is 2.00. The Hall–Kier alpha value is -2.73. The Morgan fingerprint density at radius 1 is 1.38 bits per heavy atom. The number of hydrogen-bond acceptors (Lipinski definition) is 4. The number of hydrazine groups is 1. The van der Waals surface area contributed by atoms with Gasteiger partial charge in [-0.25, -0.2) is 4.98 Å². The van der Waals surface area contributed by atoms with E-state index in [-0.39, 0.29) is 5.91 Å². The van der Waals surface area contributed by atoms with Crippen molar-refractivity contribution >= 4 is 34.1 Å². The predicted molar refractivity (Wildman–Crippen MR) is 79.4 cm³/mol. The standard InChI is InChI=1S/C14H11ClN4O2/c1-8(9-2-3-21-7-9)18-19-14(20)11-4-10-5-13(15)16-6-12(10)17-11/h2-7,17-18H,1H2,(H,19,20). The number of nitrogens with one attached hydrogen (secondary N) is 3. The Morgan fingerprint density at radius 3 is 3.00 bits per heavy atom. The molecule has 3 N–H and O–H groups in total. The minimum Gasteiger partial charge on any atom is -0.472 e. The van der Waals surface area contributed by atoms with E-state index < -0.39 is 0 Å². The molecule has 0 radical (unpaired) electrons. The van der Waals surface area contributed by atoms with Crippen LogP contribution in [0.2, 0.25) is 5.15 Å². The third-order valence-electron chi connectivity index (χ3n) is 2.91. The van der Waals surface area contributed by atoms with Crippen LogP contribution in [-0.2, 0) is 0 Å². The minimum absolute atomic E-state index is 0.327. The molecule has 0 aliphatic heterocycles. The molecule has 21 heavy (non-hydrogen) atoms. The molecular formula is C14H11ClN4O2. The molecule has 3 rings (SSSR count). The van der Waals surface area contributed by atoms with Gasteiger partial charge in [0.15, 0.2) is 0 Å². The van der Waals surface area contributed by atoms with Gasteiger partial charge in [0.1, 0.15) is 10.8 Å². The molecule has 1 amide bonds. The van der Waals surface area contributed by atoms with Crippen molar-refractivity contribution < 1.29 is 9.21 Å². The van der Waals surface area contributed by atoms with Crippen molar-refractivity contribution in [3.63, 3.8) is 0 Å². The van der Waals surface area contributed by atoms with Gasteiger partial charge in [-0.3, -0.25) is 15.6 Å². The average Bonchev–Trinajstić information content (AvgIpc) is 3.12. The van der Waals surface area contributed by atoms with Crippen LogP contribution < -0.4 is 10.9 Å². The highest BCUT2D eigenvalue weighted by molar-refractivity contribution is 6.30. The molecule has 0 spiro atoms. The van der Waals surface area contributed by atoms with Gasteiger partial charge in [-0.1, -0.05) is 18.2 Å². The van der Waals surface area contributed by atoms with Crippen molar-refractivity contribution in [2.45, 2.75) is 0 Å². The fraction of sp³-hybridized carbons (Fsp3) is 0. The molecule has 3 heterocycles. The van der Waals surface area contributed by atoms with E-state index in [0.717, 1.165) is 16.5 Å². The van der Waals surface area contributed by atoms with Gasteiger partial charge in [-0.2, -0.15) is 0 Å². The van der Waals surface area contributed by atoms with E-state index in [9.17, 15) is 4.79 Å². The summed E-state index contributed by atoms with van der Waals surface area (Å²) >= 11 is 5.81. The minimum atomic E-state index is -0.327. The first-order valence-electron chi connectivity index (χ1n) is 6.05. The van der Waals surface area contributed by atoms with Gasteiger partial charge in [0.2, 0.25) is 0 Å². The van der Waals surface area contributed by atoms with Crippen LogP contribution in [0.5, 0.6) is 0 Å². The molecule has 0 saturated carbocycles. The zero-order valence-electron chi connectivity index (χ0n) is 10.8. The number of halogens is 1. The quantitative estimate of drug-likeness (QED) is 0.511. The van der Waals surface area contributed by atoms with Gasteiger partial charge < -0.3 is 9.40 Å². The SMILES string of the molecule is C=C(NNC(=O)c1cc2cc(Cl)ncc2[nH]1)c1ccoc1. The first kappa shape index (κ1) is 13.3. The molecule has 6 nitrogen and oxygen atoms in total. The number of aromatic nitrogens is 2. The number of fused-ring (bicyclic) bond motifs is 1. The summed E-state index contributed by atoms with van der Waals surface area (Å²) in [6.07, 6.45) is 4.63. The Balaban J connectivity index is 1.70. The highest BCUT2D eigenvalue weighted by Gasteiger charge is 2.10. The predicted octanol–water partition coefficient (Wildman–Crippen LogP) is 2.71. The molecule has 7 heteroatoms. The summed E-state index contributed by atoms with van der Waals surface area (Å²) in [5.41, 5.74) is 7.67. The number of furan rings is 1. The number of amides is 1. The normalized spacial score (nSPS) is 10.5. The van der Waals surface area contributed by atoms with E-state index in [2.05, 4.69) is 27.4 Å². The summed E-state index contributed by atoms with van der Waals surface area (Å²) in [6, 6.07) is 5.11. The summed E-state index contributed by atoms with van der Waals surface area (Å²) in [7, 11) is 0. The van der Waals surface area contributed by atoms with Crippen molar-refractivity contribution in [2.24, 2.45) is 0 Å². The van der Waals surface area contributed by atoms with Crippen molar-refractivity contribution in [1.82, 2.24) is 20.8 Å². The lowest BCUT2D eigenvalue weighted by Crippen LogP contribution is -2.35. The number of carbonyl (C=O) groups excluding carboxylic acids is 1. The van der Waals surface area contributed by atoms with Gasteiger partial charge in [0.05, 0.1) is 29.9 Å². The molecule has 3 aromatic rings. The Bertz CT molecular complexity index is 808. The maximum absolute atomic E-state index is 12.1. The van der Waals surface area contributed by atoms with Crippen molar-refractivity contribution in [1.29, 1.82) is 0 Å². The second-order valence-corrected chi connectivity index (χ2v) is 4.73. The lowest BCUT2D eigenvalue weighted by Gasteiger charge is -2.08. The number of pyridine rings is 1. The van der Waals surface area contributed by atoms with Crippen LogP contribution >= 0.6 is 11.6 Å². The molecule has 0 atom stereocenters. The van der Waals surface area contributed by atoms with Crippen LogP contribution in [-0.4, -0.2) is 15.9 Å². The van der Waals surface area contributed by atoms with E-state index in [0.29, 0.717) is 16.5 Å². The number of hydrogen-bond donors (Lipinski definition) is 3. The summed E-state index contributed by atoms with van der Waals surface area (Å²) in [6.45, 7) is 3.79. The first-order chi connectivity index (χ1) is 10.1. The van der Waals surface area contributed by atoms with Crippen molar-refractivity contribution in [3.8, 4) is 0 Å². The Kier molecular flexibility index (Phi) is 3.37. The largest absolute Gasteiger partial charge is 0.472 e. The Labute approximate surface area is 124 Å². The van der Waals surface area contributed by atoms with Crippen LogP contribution in [0.4, 0.5) is 0 Å². The topological polar surface area (TPSA) is 83.0 Å². The summed E-state index contributed by atoms with van der Waals surface area (Å²) in [4.78, 5) is 19.0.